The molecule has 176 valence electrons. The number of fused-ring (bicyclic) bond motifs is 1. The lowest BCUT2D eigenvalue weighted by Crippen LogP contribution is -2.44. The average molecular weight is 495 g/mol. The number of thiazole rings is 1. The van der Waals surface area contributed by atoms with Gasteiger partial charge in [0.05, 0.1) is 35.8 Å². The number of piperidine rings is 1. The van der Waals surface area contributed by atoms with Crippen LogP contribution in [-0.2, 0) is 17.9 Å². The largest absolute Gasteiger partial charge is 0.370 e. The van der Waals surface area contributed by atoms with Crippen molar-refractivity contribution in [3.05, 3.63) is 67.8 Å². The van der Waals surface area contributed by atoms with Crippen LogP contribution >= 0.6 is 22.7 Å². The van der Waals surface area contributed by atoms with E-state index in [2.05, 4.69) is 9.88 Å². The molecule has 2 aromatic heterocycles. The molecule has 1 saturated heterocycles. The van der Waals surface area contributed by atoms with Crippen LogP contribution < -0.4 is 4.90 Å². The Hall–Kier alpha value is -3.04. The smallest absolute Gasteiger partial charge is 0.264 e. The summed E-state index contributed by atoms with van der Waals surface area (Å²) in [7, 11) is 1.82. The molecule has 3 amide bonds. The molecule has 7 nitrogen and oxygen atoms in total. The van der Waals surface area contributed by atoms with Gasteiger partial charge >= 0.3 is 0 Å². The minimum atomic E-state index is -0.256. The van der Waals surface area contributed by atoms with Crippen molar-refractivity contribution in [3.8, 4) is 0 Å². The number of aromatic nitrogens is 1. The van der Waals surface area contributed by atoms with E-state index in [0.717, 1.165) is 40.7 Å². The molecule has 1 fully saturated rings. The second-order valence-corrected chi connectivity index (χ2v) is 10.8. The fraction of sp³-hybridized carbons (Fsp3) is 0.360. The van der Waals surface area contributed by atoms with E-state index in [4.69, 9.17) is 0 Å². The van der Waals surface area contributed by atoms with Crippen molar-refractivity contribution in [1.82, 2.24) is 14.8 Å². The summed E-state index contributed by atoms with van der Waals surface area (Å²) >= 11 is 3.10. The fourth-order valence-electron chi connectivity index (χ4n) is 4.75. The van der Waals surface area contributed by atoms with Crippen molar-refractivity contribution in [1.29, 1.82) is 0 Å². The summed E-state index contributed by atoms with van der Waals surface area (Å²) in [6.07, 6.45) is 1.66. The topological polar surface area (TPSA) is 73.8 Å². The zero-order valence-corrected chi connectivity index (χ0v) is 20.8. The number of hydrogen-bond donors (Lipinski definition) is 0. The van der Waals surface area contributed by atoms with E-state index < -0.39 is 0 Å². The molecule has 0 N–H and O–H groups in total. The van der Waals surface area contributed by atoms with Gasteiger partial charge in [-0.15, -0.1) is 22.7 Å². The maximum Gasteiger partial charge on any atom is 0.264 e. The first kappa shape index (κ1) is 22.7. The lowest BCUT2D eigenvalue weighted by atomic mass is 9.95. The van der Waals surface area contributed by atoms with E-state index in [1.807, 2.05) is 49.0 Å². The number of carbonyl (C=O) groups excluding carboxylic acids is 3. The van der Waals surface area contributed by atoms with Crippen molar-refractivity contribution in [3.63, 3.8) is 0 Å². The Morgan fingerprint density at radius 3 is 2.76 bits per heavy atom. The molecule has 4 heterocycles. The molecular weight excluding hydrogens is 468 g/mol. The van der Waals surface area contributed by atoms with E-state index >= 15 is 0 Å². The van der Waals surface area contributed by atoms with Crippen molar-refractivity contribution in [2.75, 3.05) is 25.0 Å². The molecule has 0 saturated carbocycles. The molecule has 0 bridgehead atoms. The summed E-state index contributed by atoms with van der Waals surface area (Å²) in [5, 5.41) is 4.86. The molecule has 1 atom stereocenters. The number of rotatable bonds is 6. The molecule has 3 aromatic rings. The average Bonchev–Trinajstić information content (AvgIpc) is 3.56. The molecule has 0 aliphatic carbocycles. The van der Waals surface area contributed by atoms with Gasteiger partial charge in [-0.2, -0.15) is 0 Å². The highest BCUT2D eigenvalue weighted by Crippen LogP contribution is 2.35. The van der Waals surface area contributed by atoms with E-state index in [-0.39, 0.29) is 30.2 Å². The third kappa shape index (κ3) is 4.25. The minimum Gasteiger partial charge on any atom is -0.370 e. The lowest BCUT2D eigenvalue weighted by Gasteiger charge is -2.36. The highest BCUT2D eigenvalue weighted by molar-refractivity contribution is 7.10. The van der Waals surface area contributed by atoms with Gasteiger partial charge in [0.2, 0.25) is 5.91 Å². The van der Waals surface area contributed by atoms with E-state index in [1.54, 1.807) is 22.3 Å². The number of hydrogen-bond acceptors (Lipinski definition) is 7. The van der Waals surface area contributed by atoms with Gasteiger partial charge in [-0.25, -0.2) is 4.98 Å². The van der Waals surface area contributed by atoms with E-state index in [9.17, 15) is 14.4 Å². The Morgan fingerprint density at radius 2 is 2.03 bits per heavy atom. The summed E-state index contributed by atoms with van der Waals surface area (Å²) in [6, 6.07) is 9.30. The van der Waals surface area contributed by atoms with Crippen molar-refractivity contribution in [2.24, 2.45) is 5.92 Å². The molecule has 9 heteroatoms. The van der Waals surface area contributed by atoms with Gasteiger partial charge in [-0.1, -0.05) is 12.1 Å². The molecule has 2 aliphatic heterocycles. The first-order valence-corrected chi connectivity index (χ1v) is 13.1. The molecular formula is C25H26N4O3S2. The molecule has 0 radical (unpaired) electrons. The Labute approximate surface area is 206 Å². The van der Waals surface area contributed by atoms with Gasteiger partial charge in [-0.3, -0.25) is 19.3 Å². The zero-order chi connectivity index (χ0) is 23.8. The summed E-state index contributed by atoms with van der Waals surface area (Å²) < 4.78 is 0. The van der Waals surface area contributed by atoms with Crippen LogP contribution in [0, 0.1) is 12.8 Å². The Morgan fingerprint density at radius 1 is 1.18 bits per heavy atom. The molecule has 34 heavy (non-hydrogen) atoms. The lowest BCUT2D eigenvalue weighted by molar-refractivity contribution is -0.135. The van der Waals surface area contributed by atoms with Crippen LogP contribution in [-0.4, -0.2) is 52.6 Å². The summed E-state index contributed by atoms with van der Waals surface area (Å²) in [6.45, 7) is 4.02. The number of amides is 3. The SMILES string of the molecule is Cc1csc(CN(C)C(=O)[C@@H]2CCCN(c3cccc4c3C(=O)N(Cc3cccs3)C4=O)C2)n1. The monoisotopic (exact) mass is 494 g/mol. The number of benzene rings is 1. The number of thiophene rings is 1. The van der Waals surface area contributed by atoms with Gasteiger partial charge in [0, 0.05) is 36.1 Å². The van der Waals surface area contributed by atoms with Gasteiger partial charge < -0.3 is 9.80 Å². The third-order valence-electron chi connectivity index (χ3n) is 6.40. The second-order valence-electron chi connectivity index (χ2n) is 8.84. The highest BCUT2D eigenvalue weighted by atomic mass is 32.1. The van der Waals surface area contributed by atoms with Crippen LogP contribution in [0.15, 0.2) is 41.1 Å². The molecule has 5 rings (SSSR count). The predicted octanol–water partition coefficient (Wildman–Crippen LogP) is 4.18. The molecule has 1 aromatic carbocycles. The first-order chi connectivity index (χ1) is 16.4. The van der Waals surface area contributed by atoms with Crippen molar-refractivity contribution in [2.45, 2.75) is 32.9 Å². The summed E-state index contributed by atoms with van der Waals surface area (Å²) in [4.78, 5) is 50.2. The van der Waals surface area contributed by atoms with Crippen LogP contribution in [0.3, 0.4) is 0 Å². The van der Waals surface area contributed by atoms with E-state index in [0.29, 0.717) is 24.2 Å². The Bertz CT molecular complexity index is 1240. The highest BCUT2D eigenvalue weighted by Gasteiger charge is 2.39. The van der Waals surface area contributed by atoms with E-state index in [1.165, 1.54) is 16.2 Å². The number of aryl methyl sites for hydroxylation is 1. The Balaban J connectivity index is 1.34. The quantitative estimate of drug-likeness (QED) is 0.481. The van der Waals surface area contributed by atoms with Gasteiger partial charge in [0.25, 0.3) is 11.8 Å². The van der Waals surface area contributed by atoms with Crippen LogP contribution in [0.25, 0.3) is 0 Å². The maximum absolute atomic E-state index is 13.3. The first-order valence-electron chi connectivity index (χ1n) is 11.3. The van der Waals surface area contributed by atoms with Crippen LogP contribution in [0.4, 0.5) is 5.69 Å². The van der Waals surface area contributed by atoms with Gasteiger partial charge in [0.15, 0.2) is 0 Å². The number of carbonyl (C=O) groups is 3. The third-order valence-corrected chi connectivity index (χ3v) is 8.21. The standard InChI is InChI=1S/C25H26N4O3S2/c1-16-15-34-21(26-16)14-27(2)23(30)17-6-4-10-28(12-17)20-9-3-8-19-22(20)25(32)29(24(19)31)13-18-7-5-11-33-18/h3,5,7-9,11,15,17H,4,6,10,12-14H2,1-2H3/t17-/m1/s1. The number of nitrogens with zero attached hydrogens (tertiary/aromatic N) is 4. The molecule has 0 unspecified atom stereocenters. The van der Waals surface area contributed by atoms with Crippen molar-refractivity contribution >= 4 is 46.1 Å². The summed E-state index contributed by atoms with van der Waals surface area (Å²) in [5.41, 5.74) is 2.63. The normalized spacial score (nSPS) is 17.9. The summed E-state index contributed by atoms with van der Waals surface area (Å²) in [5.74, 6) is -0.580. The molecule has 0 spiro atoms. The maximum atomic E-state index is 13.3. The minimum absolute atomic E-state index is 0.0897. The van der Waals surface area contributed by atoms with Gasteiger partial charge in [-0.05, 0) is 43.3 Å². The fourth-order valence-corrected chi connectivity index (χ4v) is 6.26. The number of anilines is 1. The van der Waals surface area contributed by atoms with Gasteiger partial charge in [0.1, 0.15) is 5.01 Å². The van der Waals surface area contributed by atoms with Crippen molar-refractivity contribution < 1.29 is 14.4 Å². The zero-order valence-electron chi connectivity index (χ0n) is 19.2. The van der Waals surface area contributed by atoms with Crippen LogP contribution in [0.1, 0.15) is 49.1 Å². The number of imide groups is 1. The predicted molar refractivity (Wildman–Crippen MR) is 133 cm³/mol. The van der Waals surface area contributed by atoms with Crippen LogP contribution in [0.5, 0.6) is 0 Å². The second kappa shape index (κ2) is 9.31. The van der Waals surface area contributed by atoms with Crippen LogP contribution in [0.2, 0.25) is 0 Å². The molecule has 2 aliphatic rings. The Kier molecular flexibility index (Phi) is 6.22.